The molecule has 3 aliphatic heterocycles. The van der Waals surface area contributed by atoms with Crippen molar-refractivity contribution in [2.24, 2.45) is 5.92 Å². The molecule has 0 spiro atoms. The van der Waals surface area contributed by atoms with Gasteiger partial charge in [-0.25, -0.2) is 13.1 Å². The Labute approximate surface area is 375 Å². The molecule has 5 aromatic carbocycles. The Morgan fingerprint density at radius 3 is 2.38 bits per heavy atom. The molecule has 0 aliphatic carbocycles. The summed E-state index contributed by atoms with van der Waals surface area (Å²) in [5.74, 6) is 0.550. The molecule has 4 heterocycles. The van der Waals surface area contributed by atoms with Gasteiger partial charge in [0.15, 0.2) is 0 Å². The first-order chi connectivity index (χ1) is 30.6. The first kappa shape index (κ1) is 42.9. The minimum atomic E-state index is -4.22. The Balaban J connectivity index is 0.921. The van der Waals surface area contributed by atoms with Gasteiger partial charge in [-0.2, -0.15) is 0 Å². The van der Waals surface area contributed by atoms with E-state index in [0.717, 1.165) is 123 Å². The summed E-state index contributed by atoms with van der Waals surface area (Å²) in [7, 11) is -4.22. The molecule has 0 atom stereocenters. The van der Waals surface area contributed by atoms with Gasteiger partial charge in [-0.05, 0) is 140 Å². The number of amides is 1. The number of rotatable bonds is 14. The average molecular weight is 888 g/mol. The number of anilines is 2. The molecule has 13 heteroatoms. The van der Waals surface area contributed by atoms with Gasteiger partial charge in [-0.3, -0.25) is 14.6 Å². The zero-order chi connectivity index (χ0) is 43.3. The Kier molecular flexibility index (Phi) is 13.1. The molecule has 0 unspecified atom stereocenters. The summed E-state index contributed by atoms with van der Waals surface area (Å²) < 4.78 is 41.9. The number of aryl methyl sites for hydroxylation is 1. The van der Waals surface area contributed by atoms with Gasteiger partial charge in [0, 0.05) is 98.6 Å². The molecule has 0 radical (unpaired) electrons. The van der Waals surface area contributed by atoms with Crippen LogP contribution in [-0.2, 0) is 27.8 Å². The lowest BCUT2D eigenvalue weighted by atomic mass is 9.96. The summed E-state index contributed by atoms with van der Waals surface area (Å²) in [5, 5.41) is 5.04. The molecule has 11 nitrogen and oxygen atoms in total. The van der Waals surface area contributed by atoms with Gasteiger partial charge >= 0.3 is 0 Å². The lowest BCUT2D eigenvalue weighted by molar-refractivity contribution is 0.0699. The van der Waals surface area contributed by atoms with Crippen molar-refractivity contribution in [1.82, 2.24) is 19.5 Å². The largest absolute Gasteiger partial charge is 0.456 e. The number of nitrogens with zero attached hydrogens (tertiary/aromatic N) is 3. The summed E-state index contributed by atoms with van der Waals surface area (Å²) in [4.78, 5) is 24.6. The summed E-state index contributed by atoms with van der Waals surface area (Å²) in [6.07, 6.45) is 6.36. The van der Waals surface area contributed by atoms with E-state index in [1.807, 2.05) is 61.7 Å². The molecule has 9 rings (SSSR count). The molecule has 0 bridgehead atoms. The van der Waals surface area contributed by atoms with Crippen LogP contribution in [0.25, 0.3) is 22.0 Å². The Morgan fingerprint density at radius 1 is 0.825 bits per heavy atom. The van der Waals surface area contributed by atoms with Crippen LogP contribution in [0.1, 0.15) is 52.7 Å². The zero-order valence-electron chi connectivity index (χ0n) is 35.7. The normalized spacial score (nSPS) is 16.7. The molecule has 3 aliphatic rings. The van der Waals surface area contributed by atoms with Gasteiger partial charge < -0.3 is 24.7 Å². The van der Waals surface area contributed by atoms with Crippen LogP contribution in [0, 0.1) is 12.8 Å². The summed E-state index contributed by atoms with van der Waals surface area (Å²) in [6.45, 7) is 11.5. The van der Waals surface area contributed by atoms with Crippen molar-refractivity contribution in [2.75, 3.05) is 69.2 Å². The van der Waals surface area contributed by atoms with Gasteiger partial charge in [0.25, 0.3) is 15.9 Å². The molecule has 3 N–H and O–H groups in total. The van der Waals surface area contributed by atoms with Crippen molar-refractivity contribution < 1.29 is 22.7 Å². The average Bonchev–Trinajstić information content (AvgIpc) is 4.00. The molecule has 0 saturated carbocycles. The molecule has 6 aromatic rings. The maximum absolute atomic E-state index is 14.0. The summed E-state index contributed by atoms with van der Waals surface area (Å²) >= 11 is 6.28. The quantitative estimate of drug-likeness (QED) is 0.0984. The van der Waals surface area contributed by atoms with Crippen molar-refractivity contribution >= 4 is 49.8 Å². The van der Waals surface area contributed by atoms with E-state index in [0.29, 0.717) is 11.7 Å². The van der Waals surface area contributed by atoms with Crippen LogP contribution >= 0.6 is 11.6 Å². The zero-order valence-corrected chi connectivity index (χ0v) is 37.3. The van der Waals surface area contributed by atoms with Crippen molar-refractivity contribution in [3.8, 4) is 22.6 Å². The van der Waals surface area contributed by atoms with Crippen LogP contribution < -0.4 is 19.7 Å². The molecular formula is C50H55ClN6O5S. The van der Waals surface area contributed by atoms with Crippen LogP contribution in [0.4, 0.5) is 11.4 Å². The predicted octanol–water partition coefficient (Wildman–Crippen LogP) is 9.46. The van der Waals surface area contributed by atoms with Crippen LogP contribution in [0.5, 0.6) is 11.5 Å². The van der Waals surface area contributed by atoms with Crippen molar-refractivity contribution in [3.05, 3.63) is 137 Å². The maximum atomic E-state index is 14.0. The van der Waals surface area contributed by atoms with E-state index in [4.69, 9.17) is 21.1 Å². The van der Waals surface area contributed by atoms with E-state index in [9.17, 15) is 13.2 Å². The fourth-order valence-electron chi connectivity index (χ4n) is 9.08. The molecule has 3 saturated heterocycles. The summed E-state index contributed by atoms with van der Waals surface area (Å²) in [6, 6.07) is 32.9. The van der Waals surface area contributed by atoms with E-state index in [1.54, 1.807) is 18.2 Å². The highest BCUT2D eigenvalue weighted by molar-refractivity contribution is 7.90. The van der Waals surface area contributed by atoms with Crippen molar-refractivity contribution in [2.45, 2.75) is 50.6 Å². The number of aromatic nitrogens is 1. The monoisotopic (exact) mass is 886 g/mol. The van der Waals surface area contributed by atoms with Crippen molar-refractivity contribution in [1.29, 1.82) is 0 Å². The summed E-state index contributed by atoms with van der Waals surface area (Å²) in [5.41, 5.74) is 8.54. The fourth-order valence-corrected chi connectivity index (χ4v) is 10.3. The molecule has 3 fully saturated rings. The lowest BCUT2D eigenvalue weighted by Gasteiger charge is -2.36. The van der Waals surface area contributed by atoms with Crippen LogP contribution in [0.3, 0.4) is 0 Å². The standard InChI is InChI=1S/C50H55ClN6O5S/c1-35-29-42(13-16-46(35)53-32-36-18-27-61-28-19-36)63(59,60)54-50(58)45-15-12-41(31-49(45)62-48-6-4-5-47-44(48)17-20-52-47)57-25-23-56(24-26-57)34-39-30-37(33-55-21-2-3-22-55)7-14-43(39)38-8-10-40(51)11-9-38/h4-17,20,29-31,36,52-53H,2-3,18-19,21-28,32-34H2,1H3,(H,54,58). The number of hydrogen-bond acceptors (Lipinski definition) is 9. The number of benzene rings is 5. The van der Waals surface area contributed by atoms with Gasteiger partial charge in [-0.15, -0.1) is 0 Å². The number of halogens is 1. The first-order valence-corrected chi connectivity index (χ1v) is 24.0. The number of H-pyrrole nitrogens is 1. The first-order valence-electron chi connectivity index (χ1n) is 22.1. The number of likely N-dealkylation sites (tertiary alicyclic amines) is 1. The number of carbonyl (C=O) groups is 1. The van der Waals surface area contributed by atoms with Crippen LogP contribution in [0.15, 0.2) is 114 Å². The van der Waals surface area contributed by atoms with Gasteiger partial charge in [0.2, 0.25) is 0 Å². The molecule has 1 aromatic heterocycles. The number of hydrogen-bond donors (Lipinski definition) is 3. The van der Waals surface area contributed by atoms with E-state index >= 15 is 0 Å². The highest BCUT2D eigenvalue weighted by Crippen LogP contribution is 2.35. The Morgan fingerprint density at radius 2 is 1.60 bits per heavy atom. The third-order valence-electron chi connectivity index (χ3n) is 12.7. The Hall–Kier alpha value is -5.37. The van der Waals surface area contributed by atoms with Crippen LogP contribution in [0.2, 0.25) is 5.02 Å². The highest BCUT2D eigenvalue weighted by Gasteiger charge is 2.26. The number of fused-ring (bicyclic) bond motifs is 1. The maximum Gasteiger partial charge on any atom is 0.268 e. The van der Waals surface area contributed by atoms with E-state index in [1.165, 1.54) is 35.6 Å². The molecule has 63 heavy (non-hydrogen) atoms. The fraction of sp³-hybridized carbons (Fsp3) is 0.340. The minimum Gasteiger partial charge on any atom is -0.456 e. The van der Waals surface area contributed by atoms with Gasteiger partial charge in [0.05, 0.1) is 10.5 Å². The second-order valence-corrected chi connectivity index (χ2v) is 19.2. The number of aromatic amines is 1. The van der Waals surface area contributed by atoms with Gasteiger partial charge in [0.1, 0.15) is 11.5 Å². The lowest BCUT2D eigenvalue weighted by Crippen LogP contribution is -2.46. The van der Waals surface area contributed by atoms with E-state index < -0.39 is 15.9 Å². The highest BCUT2D eigenvalue weighted by atomic mass is 35.5. The third-order valence-corrected chi connectivity index (χ3v) is 14.3. The SMILES string of the molecule is Cc1cc(S(=O)(=O)NC(=O)c2ccc(N3CCN(Cc4cc(CN5CCCC5)ccc4-c4ccc(Cl)cc4)CC3)cc2Oc2cccc3[nH]ccc23)ccc1NCC1CCOCC1. The van der Waals surface area contributed by atoms with E-state index in [2.05, 4.69) is 60.1 Å². The topological polar surface area (TPSA) is 119 Å². The second kappa shape index (κ2) is 19.2. The van der Waals surface area contributed by atoms with E-state index in [-0.39, 0.29) is 16.2 Å². The smallest absolute Gasteiger partial charge is 0.268 e. The van der Waals surface area contributed by atoms with Gasteiger partial charge in [-0.1, -0.05) is 48.0 Å². The number of sulfonamides is 1. The Bertz CT molecular complexity index is 2670. The second-order valence-electron chi connectivity index (χ2n) is 17.1. The molecular weight excluding hydrogens is 832 g/mol. The van der Waals surface area contributed by atoms with Crippen LogP contribution in [-0.4, -0.2) is 88.1 Å². The molecule has 328 valence electrons. The molecule has 1 amide bonds. The number of nitrogens with one attached hydrogen (secondary N) is 3. The number of ether oxygens (including phenoxy) is 2. The number of piperazine rings is 1. The predicted molar refractivity (Wildman–Crippen MR) is 252 cm³/mol. The minimum absolute atomic E-state index is 0.0117. The van der Waals surface area contributed by atoms with Crippen molar-refractivity contribution in [3.63, 3.8) is 0 Å². The third kappa shape index (κ3) is 10.2. The number of carbonyl (C=O) groups excluding carboxylic acids is 1.